The van der Waals surface area contributed by atoms with Crippen LogP contribution in [0.25, 0.3) is 0 Å². The van der Waals surface area contributed by atoms with Gasteiger partial charge in [0, 0.05) is 17.3 Å². The lowest BCUT2D eigenvalue weighted by Crippen LogP contribution is -2.05. The number of rotatable bonds is 3. The van der Waals surface area contributed by atoms with Crippen LogP contribution in [0.1, 0.15) is 11.1 Å². The highest BCUT2D eigenvalue weighted by Gasteiger charge is 2.29. The van der Waals surface area contributed by atoms with Gasteiger partial charge >= 0.3 is 6.18 Å². The van der Waals surface area contributed by atoms with Gasteiger partial charge in [0.1, 0.15) is 5.82 Å². The zero-order valence-corrected chi connectivity index (χ0v) is 10.9. The lowest BCUT2D eigenvalue weighted by Gasteiger charge is -2.10. The van der Waals surface area contributed by atoms with Crippen molar-refractivity contribution >= 4 is 17.3 Å². The molecule has 0 saturated heterocycles. The summed E-state index contributed by atoms with van der Waals surface area (Å²) in [4.78, 5) is 0. The largest absolute Gasteiger partial charge is 0.416 e. The van der Waals surface area contributed by atoms with Crippen LogP contribution < -0.4 is 5.32 Å². The maximum absolute atomic E-state index is 13.1. The lowest BCUT2D eigenvalue weighted by atomic mass is 10.2. The molecule has 0 amide bonds. The summed E-state index contributed by atoms with van der Waals surface area (Å²) in [5, 5.41) is 3.17. The van der Waals surface area contributed by atoms with Crippen molar-refractivity contribution in [2.75, 3.05) is 5.32 Å². The van der Waals surface area contributed by atoms with Gasteiger partial charge in [0.15, 0.2) is 0 Å². The molecule has 0 radical (unpaired) electrons. The normalized spacial score (nSPS) is 11.4. The Hall–Kier alpha value is -1.75. The molecule has 2 aromatic rings. The molecule has 0 heterocycles. The zero-order valence-electron chi connectivity index (χ0n) is 10.1. The highest BCUT2D eigenvalue weighted by molar-refractivity contribution is 6.30. The maximum atomic E-state index is 13.1. The third-order valence-electron chi connectivity index (χ3n) is 2.63. The van der Waals surface area contributed by atoms with Gasteiger partial charge in [-0.25, -0.2) is 4.39 Å². The van der Waals surface area contributed by atoms with Crippen LogP contribution in [0, 0.1) is 5.82 Å². The van der Waals surface area contributed by atoms with Crippen LogP contribution in [0.4, 0.5) is 23.2 Å². The second-order valence-corrected chi connectivity index (χ2v) is 4.64. The smallest absolute Gasteiger partial charge is 0.381 e. The first-order valence-electron chi connectivity index (χ1n) is 5.71. The van der Waals surface area contributed by atoms with E-state index in [0.717, 1.165) is 12.1 Å². The minimum absolute atomic E-state index is 0.267. The second-order valence-electron chi connectivity index (χ2n) is 4.21. The van der Waals surface area contributed by atoms with Crippen molar-refractivity contribution < 1.29 is 17.6 Å². The Bertz CT molecular complexity index is 573. The van der Waals surface area contributed by atoms with Crippen molar-refractivity contribution in [2.24, 2.45) is 0 Å². The summed E-state index contributed by atoms with van der Waals surface area (Å²) >= 11 is 5.71. The summed E-state index contributed by atoms with van der Waals surface area (Å²) in [6, 6.07) is 8.70. The van der Waals surface area contributed by atoms with E-state index in [2.05, 4.69) is 5.32 Å². The third kappa shape index (κ3) is 3.87. The van der Waals surface area contributed by atoms with Crippen LogP contribution in [0.2, 0.25) is 5.02 Å². The van der Waals surface area contributed by atoms with Crippen LogP contribution in [-0.2, 0) is 12.7 Å². The molecule has 0 spiro atoms. The summed E-state index contributed by atoms with van der Waals surface area (Å²) < 4.78 is 50.2. The van der Waals surface area contributed by atoms with Gasteiger partial charge in [-0.3, -0.25) is 0 Å². The molecule has 2 aromatic carbocycles. The van der Waals surface area contributed by atoms with Crippen LogP contribution in [0.15, 0.2) is 42.5 Å². The van der Waals surface area contributed by atoms with Crippen molar-refractivity contribution in [1.82, 2.24) is 0 Å². The monoisotopic (exact) mass is 303 g/mol. The quantitative estimate of drug-likeness (QED) is 0.777. The average Bonchev–Trinajstić information content (AvgIpc) is 2.35. The summed E-state index contributed by atoms with van der Waals surface area (Å²) in [5.41, 5.74) is 0.408. The minimum atomic E-state index is -4.35. The van der Waals surface area contributed by atoms with E-state index in [0.29, 0.717) is 11.3 Å². The number of halogens is 5. The number of hydrogen-bond donors (Lipinski definition) is 1. The number of benzene rings is 2. The Morgan fingerprint density at radius 2 is 1.65 bits per heavy atom. The van der Waals surface area contributed by atoms with E-state index in [9.17, 15) is 17.6 Å². The van der Waals surface area contributed by atoms with Gasteiger partial charge in [0.2, 0.25) is 0 Å². The number of anilines is 1. The topological polar surface area (TPSA) is 12.0 Å². The molecule has 0 aromatic heterocycles. The molecule has 0 atom stereocenters. The van der Waals surface area contributed by atoms with Crippen molar-refractivity contribution in [3.05, 3.63) is 64.4 Å². The summed E-state index contributed by atoms with van der Waals surface area (Å²) in [5.74, 6) is -0.457. The Labute approximate surface area is 118 Å². The van der Waals surface area contributed by atoms with Crippen LogP contribution in [-0.4, -0.2) is 0 Å². The number of nitrogens with one attached hydrogen (secondary N) is 1. The van der Waals surface area contributed by atoms with E-state index >= 15 is 0 Å². The molecule has 6 heteroatoms. The maximum Gasteiger partial charge on any atom is 0.416 e. The first kappa shape index (κ1) is 14.7. The standard InChI is InChI=1S/C14H10ClF4N/c15-11-5-9(6-12(16)7-11)8-20-13-3-1-10(2-4-13)14(17,18)19/h1-7,20H,8H2. The van der Waals surface area contributed by atoms with Crippen molar-refractivity contribution in [1.29, 1.82) is 0 Å². The first-order chi connectivity index (χ1) is 9.34. The number of hydrogen-bond acceptors (Lipinski definition) is 1. The van der Waals surface area contributed by atoms with Gasteiger partial charge in [-0.2, -0.15) is 13.2 Å². The molecule has 1 N–H and O–H groups in total. The van der Waals surface area contributed by atoms with Crippen molar-refractivity contribution in [3.63, 3.8) is 0 Å². The number of alkyl halides is 3. The second kappa shape index (κ2) is 5.71. The fraction of sp³-hybridized carbons (Fsp3) is 0.143. The molecule has 0 aliphatic carbocycles. The molecule has 0 saturated carbocycles. The Kier molecular flexibility index (Phi) is 4.18. The van der Waals surface area contributed by atoms with Crippen molar-refractivity contribution in [2.45, 2.75) is 12.7 Å². The SMILES string of the molecule is Fc1cc(Cl)cc(CNc2ccc(C(F)(F)F)cc2)c1. The van der Waals surface area contributed by atoms with Gasteiger partial charge in [-0.1, -0.05) is 11.6 Å². The van der Waals surface area contributed by atoms with Gasteiger partial charge < -0.3 is 5.32 Å². The third-order valence-corrected chi connectivity index (χ3v) is 2.85. The van der Waals surface area contributed by atoms with E-state index in [-0.39, 0.29) is 11.6 Å². The summed E-state index contributed by atoms with van der Waals surface area (Å²) in [6.45, 7) is 0.267. The highest BCUT2D eigenvalue weighted by atomic mass is 35.5. The predicted octanol–water partition coefficient (Wildman–Crippen LogP) is 5.11. The molecule has 1 nitrogen and oxygen atoms in total. The van der Waals surface area contributed by atoms with E-state index in [1.165, 1.54) is 24.3 Å². The molecule has 106 valence electrons. The molecule has 0 aliphatic heterocycles. The fourth-order valence-corrected chi connectivity index (χ4v) is 1.94. The van der Waals surface area contributed by atoms with E-state index in [1.807, 2.05) is 0 Å². The molecular formula is C14H10ClF4N. The van der Waals surface area contributed by atoms with Crippen LogP contribution in [0.3, 0.4) is 0 Å². The Morgan fingerprint density at radius 3 is 2.20 bits per heavy atom. The fourth-order valence-electron chi connectivity index (χ4n) is 1.69. The van der Waals surface area contributed by atoms with Gasteiger partial charge in [0.25, 0.3) is 0 Å². The average molecular weight is 304 g/mol. The van der Waals surface area contributed by atoms with Gasteiger partial charge in [-0.05, 0) is 48.0 Å². The van der Waals surface area contributed by atoms with E-state index in [4.69, 9.17) is 11.6 Å². The van der Waals surface area contributed by atoms with Crippen molar-refractivity contribution in [3.8, 4) is 0 Å². The minimum Gasteiger partial charge on any atom is -0.381 e. The molecule has 0 bridgehead atoms. The molecule has 0 fully saturated rings. The molecule has 0 unspecified atom stereocenters. The summed E-state index contributed by atoms with van der Waals surface area (Å²) in [7, 11) is 0. The first-order valence-corrected chi connectivity index (χ1v) is 6.08. The molecular weight excluding hydrogens is 294 g/mol. The Morgan fingerprint density at radius 1 is 1.00 bits per heavy atom. The lowest BCUT2D eigenvalue weighted by molar-refractivity contribution is -0.137. The zero-order chi connectivity index (χ0) is 14.8. The van der Waals surface area contributed by atoms with Crippen LogP contribution in [0.5, 0.6) is 0 Å². The summed E-state index contributed by atoms with van der Waals surface area (Å²) in [6.07, 6.45) is -4.35. The molecule has 20 heavy (non-hydrogen) atoms. The van der Waals surface area contributed by atoms with E-state index < -0.39 is 17.6 Å². The van der Waals surface area contributed by atoms with Gasteiger partial charge in [0.05, 0.1) is 5.56 Å². The Balaban J connectivity index is 2.04. The highest BCUT2D eigenvalue weighted by Crippen LogP contribution is 2.29. The predicted molar refractivity (Wildman–Crippen MR) is 70.2 cm³/mol. The molecule has 2 rings (SSSR count). The van der Waals surface area contributed by atoms with Gasteiger partial charge in [-0.15, -0.1) is 0 Å². The molecule has 0 aliphatic rings. The van der Waals surface area contributed by atoms with E-state index in [1.54, 1.807) is 6.07 Å². The van der Waals surface area contributed by atoms with Crippen LogP contribution >= 0.6 is 11.6 Å².